The lowest BCUT2D eigenvalue weighted by atomic mass is 9.44. The highest BCUT2D eigenvalue weighted by molar-refractivity contribution is 5.09. The third-order valence-corrected chi connectivity index (χ3v) is 11.9. The lowest BCUT2D eigenvalue weighted by Gasteiger charge is -2.61. The SMILES string of the molecule is CCC(CC[C@@H](C)[C@H]1CC[C@H]2[C@@H]3CC[C@@H]4C[C@@H](O)CC[C@]4(C)[C@H]3CC[C@]12C)C(C)C. The van der Waals surface area contributed by atoms with Gasteiger partial charge >= 0.3 is 0 Å². The van der Waals surface area contributed by atoms with Crippen LogP contribution in [0.5, 0.6) is 0 Å². The van der Waals surface area contributed by atoms with Crippen molar-refractivity contribution >= 4 is 0 Å². The molecule has 1 nitrogen and oxygen atoms in total. The summed E-state index contributed by atoms with van der Waals surface area (Å²) in [4.78, 5) is 0. The Bertz CT molecular complexity index is 583. The predicted octanol–water partition coefficient (Wildman–Crippen LogP) is 8.10. The first-order chi connectivity index (χ1) is 14.2. The zero-order valence-electron chi connectivity index (χ0n) is 21.1. The Hall–Kier alpha value is -0.0400. The molecule has 0 saturated heterocycles. The van der Waals surface area contributed by atoms with Crippen LogP contribution in [0.15, 0.2) is 0 Å². The number of aliphatic hydroxyl groups excluding tert-OH is 1. The van der Waals surface area contributed by atoms with Crippen LogP contribution in [-0.4, -0.2) is 11.2 Å². The fraction of sp³-hybridized carbons (Fsp3) is 1.00. The monoisotopic (exact) mass is 416 g/mol. The molecule has 0 bridgehead atoms. The zero-order chi connectivity index (χ0) is 21.7. The minimum atomic E-state index is -0.0111. The summed E-state index contributed by atoms with van der Waals surface area (Å²) in [5.74, 6) is 7.34. The third kappa shape index (κ3) is 3.82. The van der Waals surface area contributed by atoms with Gasteiger partial charge in [-0.2, -0.15) is 0 Å². The molecule has 0 aromatic carbocycles. The Balaban J connectivity index is 1.45. The number of fused-ring (bicyclic) bond motifs is 5. The van der Waals surface area contributed by atoms with E-state index in [1.54, 1.807) is 0 Å². The highest BCUT2D eigenvalue weighted by Crippen LogP contribution is 2.68. The van der Waals surface area contributed by atoms with Crippen molar-refractivity contribution in [1.29, 1.82) is 0 Å². The van der Waals surface area contributed by atoms with Crippen molar-refractivity contribution in [3.63, 3.8) is 0 Å². The quantitative estimate of drug-likeness (QED) is 0.463. The Labute approximate surface area is 188 Å². The molecule has 0 aromatic rings. The van der Waals surface area contributed by atoms with E-state index in [0.717, 1.165) is 60.2 Å². The van der Waals surface area contributed by atoms with E-state index < -0.39 is 0 Å². The first kappa shape index (κ1) is 23.1. The Morgan fingerprint density at radius 3 is 2.23 bits per heavy atom. The van der Waals surface area contributed by atoms with Crippen LogP contribution in [0.1, 0.15) is 119 Å². The second-order valence-corrected chi connectivity index (χ2v) is 13.3. The predicted molar refractivity (Wildman–Crippen MR) is 128 cm³/mol. The average Bonchev–Trinajstić information content (AvgIpc) is 3.06. The van der Waals surface area contributed by atoms with Gasteiger partial charge in [0.1, 0.15) is 0 Å². The van der Waals surface area contributed by atoms with Crippen molar-refractivity contribution in [3.05, 3.63) is 0 Å². The molecule has 0 heterocycles. The molecule has 1 heteroatoms. The minimum absolute atomic E-state index is 0.0111. The van der Waals surface area contributed by atoms with Gasteiger partial charge in [0.25, 0.3) is 0 Å². The maximum absolute atomic E-state index is 10.3. The minimum Gasteiger partial charge on any atom is -0.393 e. The summed E-state index contributed by atoms with van der Waals surface area (Å²) >= 11 is 0. The number of hydrogen-bond donors (Lipinski definition) is 1. The van der Waals surface area contributed by atoms with Gasteiger partial charge in [-0.1, -0.05) is 54.4 Å². The van der Waals surface area contributed by atoms with Crippen LogP contribution in [0.4, 0.5) is 0 Å². The molecule has 1 N–H and O–H groups in total. The van der Waals surface area contributed by atoms with E-state index in [1.165, 1.54) is 64.2 Å². The molecule has 4 fully saturated rings. The van der Waals surface area contributed by atoms with E-state index in [-0.39, 0.29) is 6.10 Å². The van der Waals surface area contributed by atoms with Crippen LogP contribution in [-0.2, 0) is 0 Å². The molecule has 174 valence electrons. The zero-order valence-corrected chi connectivity index (χ0v) is 21.1. The van der Waals surface area contributed by atoms with E-state index in [4.69, 9.17) is 0 Å². The maximum Gasteiger partial charge on any atom is 0.0543 e. The van der Waals surface area contributed by atoms with E-state index >= 15 is 0 Å². The summed E-state index contributed by atoms with van der Waals surface area (Å²) in [5, 5.41) is 10.3. The molecule has 4 saturated carbocycles. The summed E-state index contributed by atoms with van der Waals surface area (Å²) in [6.07, 6.45) is 16.5. The van der Waals surface area contributed by atoms with Gasteiger partial charge < -0.3 is 5.11 Å². The largest absolute Gasteiger partial charge is 0.393 e. The van der Waals surface area contributed by atoms with Crippen LogP contribution in [0, 0.1) is 58.2 Å². The van der Waals surface area contributed by atoms with Gasteiger partial charge in [0.05, 0.1) is 6.10 Å². The van der Waals surface area contributed by atoms with E-state index in [0.29, 0.717) is 10.8 Å². The van der Waals surface area contributed by atoms with Crippen LogP contribution >= 0.6 is 0 Å². The topological polar surface area (TPSA) is 20.2 Å². The summed E-state index contributed by atoms with van der Waals surface area (Å²) in [7, 11) is 0. The van der Waals surface area contributed by atoms with Gasteiger partial charge in [0, 0.05) is 0 Å². The Kier molecular flexibility index (Phi) is 6.72. The molecule has 0 radical (unpaired) electrons. The molecule has 4 rings (SSSR count). The normalized spacial score (nSPS) is 48.0. The molecular formula is C29H52O. The first-order valence-corrected chi connectivity index (χ1v) is 13.9. The molecule has 0 aromatic heterocycles. The Morgan fingerprint density at radius 1 is 0.833 bits per heavy atom. The second-order valence-electron chi connectivity index (χ2n) is 13.3. The van der Waals surface area contributed by atoms with Crippen LogP contribution < -0.4 is 0 Å². The van der Waals surface area contributed by atoms with Gasteiger partial charge in [0.15, 0.2) is 0 Å². The van der Waals surface area contributed by atoms with E-state index in [9.17, 15) is 5.11 Å². The number of rotatable bonds is 6. The summed E-state index contributed by atoms with van der Waals surface area (Å²) in [6, 6.07) is 0. The molecule has 10 atom stereocenters. The van der Waals surface area contributed by atoms with Gasteiger partial charge in [-0.3, -0.25) is 0 Å². The molecular weight excluding hydrogens is 364 g/mol. The van der Waals surface area contributed by atoms with Crippen LogP contribution in [0.3, 0.4) is 0 Å². The van der Waals surface area contributed by atoms with Crippen molar-refractivity contribution in [3.8, 4) is 0 Å². The standard InChI is InChI=1S/C29H52O/c1-7-21(19(2)3)9-8-20(4)25-12-13-26-24-11-10-22-18-23(30)14-16-28(22,5)27(24)15-17-29(25,26)6/h19-27,30H,7-18H2,1-6H3/t20-,21?,22-,23+,24+,25-,26+,27+,28+,29-/m1/s1. The van der Waals surface area contributed by atoms with Gasteiger partial charge in [-0.15, -0.1) is 0 Å². The molecule has 0 aliphatic heterocycles. The molecule has 0 spiro atoms. The highest BCUT2D eigenvalue weighted by Gasteiger charge is 2.60. The second kappa shape index (κ2) is 8.72. The number of aliphatic hydroxyl groups is 1. The molecule has 4 aliphatic carbocycles. The van der Waals surface area contributed by atoms with Gasteiger partial charge in [0.2, 0.25) is 0 Å². The smallest absolute Gasteiger partial charge is 0.0543 e. The van der Waals surface area contributed by atoms with Gasteiger partial charge in [-0.25, -0.2) is 0 Å². The molecule has 0 amide bonds. The fourth-order valence-corrected chi connectivity index (χ4v) is 9.90. The van der Waals surface area contributed by atoms with Crippen molar-refractivity contribution in [2.75, 3.05) is 0 Å². The van der Waals surface area contributed by atoms with E-state index in [1.807, 2.05) is 0 Å². The third-order valence-electron chi connectivity index (χ3n) is 11.9. The number of hydrogen-bond acceptors (Lipinski definition) is 1. The lowest BCUT2D eigenvalue weighted by molar-refractivity contribution is -0.129. The van der Waals surface area contributed by atoms with Crippen molar-refractivity contribution < 1.29 is 5.11 Å². The average molecular weight is 417 g/mol. The van der Waals surface area contributed by atoms with Gasteiger partial charge in [-0.05, 0) is 122 Å². The summed E-state index contributed by atoms with van der Waals surface area (Å²) in [5.41, 5.74) is 1.14. The van der Waals surface area contributed by atoms with Crippen molar-refractivity contribution in [2.45, 2.75) is 125 Å². The van der Waals surface area contributed by atoms with Crippen LogP contribution in [0.2, 0.25) is 0 Å². The summed E-state index contributed by atoms with van der Waals surface area (Å²) in [6.45, 7) is 15.2. The first-order valence-electron chi connectivity index (χ1n) is 13.9. The van der Waals surface area contributed by atoms with Crippen molar-refractivity contribution in [1.82, 2.24) is 0 Å². The van der Waals surface area contributed by atoms with E-state index in [2.05, 4.69) is 41.5 Å². The summed E-state index contributed by atoms with van der Waals surface area (Å²) < 4.78 is 0. The fourth-order valence-electron chi connectivity index (χ4n) is 9.90. The molecule has 30 heavy (non-hydrogen) atoms. The lowest BCUT2D eigenvalue weighted by Crippen LogP contribution is -2.54. The highest BCUT2D eigenvalue weighted by atomic mass is 16.3. The maximum atomic E-state index is 10.3. The molecule has 1 unspecified atom stereocenters. The van der Waals surface area contributed by atoms with Crippen LogP contribution in [0.25, 0.3) is 0 Å². The molecule has 4 aliphatic rings. The Morgan fingerprint density at radius 2 is 1.53 bits per heavy atom. The van der Waals surface area contributed by atoms with Crippen molar-refractivity contribution in [2.24, 2.45) is 58.2 Å².